The molecule has 0 aliphatic carbocycles. The lowest BCUT2D eigenvalue weighted by molar-refractivity contribution is 0.424. The minimum Gasteiger partial charge on any atom is -0.356 e. The summed E-state index contributed by atoms with van der Waals surface area (Å²) in [5, 5.41) is 12.5. The molecule has 2 N–H and O–H groups in total. The van der Waals surface area contributed by atoms with Crippen molar-refractivity contribution in [3.63, 3.8) is 0 Å². The molecule has 0 aromatic carbocycles. The molecule has 4 heterocycles. The molecule has 7 nitrogen and oxygen atoms in total. The summed E-state index contributed by atoms with van der Waals surface area (Å²) in [5.74, 6) is 2.09. The minimum absolute atomic E-state index is 0.577. The fraction of sp³-hybridized carbons (Fsp3) is 0.500. The van der Waals surface area contributed by atoms with Crippen LogP contribution in [0.1, 0.15) is 17.7 Å². The second-order valence-corrected chi connectivity index (χ2v) is 8.45. The van der Waals surface area contributed by atoms with Crippen molar-refractivity contribution in [2.45, 2.75) is 31.0 Å². The first-order chi connectivity index (χ1) is 12.3. The maximum Gasteiger partial charge on any atom is 0.183 e. The van der Waals surface area contributed by atoms with Gasteiger partial charge in [-0.15, -0.1) is 11.3 Å². The number of nitrogens with one attached hydrogen (secondary N) is 2. The summed E-state index contributed by atoms with van der Waals surface area (Å²) in [6.07, 6.45) is 5.52. The SMILES string of the molecule is Cc1cc2c(N3CCC(NCCSc4ncn[nH]4)CC3)ncnc2s1. The van der Waals surface area contributed by atoms with E-state index in [1.807, 2.05) is 0 Å². The molecule has 1 aliphatic heterocycles. The first kappa shape index (κ1) is 16.7. The topological polar surface area (TPSA) is 82.6 Å². The molecule has 0 spiro atoms. The van der Waals surface area contributed by atoms with Gasteiger partial charge in [0.2, 0.25) is 0 Å². The maximum absolute atomic E-state index is 4.55. The average molecular weight is 376 g/mol. The zero-order chi connectivity index (χ0) is 17.1. The third kappa shape index (κ3) is 3.94. The zero-order valence-electron chi connectivity index (χ0n) is 14.1. The molecule has 0 bridgehead atoms. The fourth-order valence-electron chi connectivity index (χ4n) is 3.19. The minimum atomic E-state index is 0.577. The van der Waals surface area contributed by atoms with Crippen LogP contribution in [-0.4, -0.2) is 56.6 Å². The van der Waals surface area contributed by atoms with Crippen molar-refractivity contribution in [1.82, 2.24) is 30.5 Å². The first-order valence-electron chi connectivity index (χ1n) is 8.47. The molecular weight excluding hydrogens is 354 g/mol. The zero-order valence-corrected chi connectivity index (χ0v) is 15.7. The molecule has 4 rings (SSSR count). The quantitative estimate of drug-likeness (QED) is 0.506. The smallest absolute Gasteiger partial charge is 0.183 e. The fourth-order valence-corrected chi connectivity index (χ4v) is 4.68. The van der Waals surface area contributed by atoms with E-state index in [0.717, 1.165) is 54.0 Å². The second kappa shape index (κ2) is 7.67. The molecule has 132 valence electrons. The van der Waals surface area contributed by atoms with E-state index < -0.39 is 0 Å². The molecule has 0 unspecified atom stereocenters. The number of aryl methyl sites for hydroxylation is 1. The summed E-state index contributed by atoms with van der Waals surface area (Å²) in [7, 11) is 0. The summed E-state index contributed by atoms with van der Waals surface area (Å²) >= 11 is 3.44. The Bertz CT molecular complexity index is 809. The van der Waals surface area contributed by atoms with Gasteiger partial charge >= 0.3 is 0 Å². The Balaban J connectivity index is 1.27. The van der Waals surface area contributed by atoms with Crippen molar-refractivity contribution in [1.29, 1.82) is 0 Å². The number of hydrogen-bond acceptors (Lipinski definition) is 8. The molecule has 0 atom stereocenters. The van der Waals surface area contributed by atoms with E-state index in [1.165, 1.54) is 10.3 Å². The lowest BCUT2D eigenvalue weighted by Gasteiger charge is -2.33. The van der Waals surface area contributed by atoms with E-state index in [1.54, 1.807) is 35.8 Å². The third-order valence-corrected chi connectivity index (χ3v) is 6.23. The van der Waals surface area contributed by atoms with Crippen LogP contribution < -0.4 is 10.2 Å². The van der Waals surface area contributed by atoms with E-state index in [4.69, 9.17) is 0 Å². The number of fused-ring (bicyclic) bond motifs is 1. The molecule has 3 aromatic rings. The number of aromatic nitrogens is 5. The second-order valence-electron chi connectivity index (χ2n) is 6.13. The van der Waals surface area contributed by atoms with E-state index >= 15 is 0 Å². The van der Waals surface area contributed by atoms with E-state index in [2.05, 4.69) is 48.4 Å². The molecule has 0 radical (unpaired) electrons. The summed E-state index contributed by atoms with van der Waals surface area (Å²) in [6, 6.07) is 2.79. The summed E-state index contributed by atoms with van der Waals surface area (Å²) in [6.45, 7) is 5.18. The monoisotopic (exact) mass is 375 g/mol. The Hall–Kier alpha value is -1.71. The summed E-state index contributed by atoms with van der Waals surface area (Å²) < 4.78 is 0. The normalized spacial score (nSPS) is 16.0. The predicted molar refractivity (Wildman–Crippen MR) is 102 cm³/mol. The van der Waals surface area contributed by atoms with Gasteiger partial charge < -0.3 is 10.2 Å². The number of aromatic amines is 1. The molecule has 1 saturated heterocycles. The molecule has 0 amide bonds. The lowest BCUT2D eigenvalue weighted by atomic mass is 10.0. The number of thiophene rings is 1. The van der Waals surface area contributed by atoms with E-state index in [0.29, 0.717) is 6.04 Å². The standard InChI is InChI=1S/C16H21N7S2/c1-11-8-13-14(18-9-19-15(13)25-11)23-5-2-12(3-6-23)17-4-7-24-16-20-10-21-22-16/h8-10,12,17H,2-7H2,1H3,(H,20,21,22). The van der Waals surface area contributed by atoms with Gasteiger partial charge in [-0.25, -0.2) is 15.0 Å². The maximum atomic E-state index is 4.55. The van der Waals surface area contributed by atoms with Crippen molar-refractivity contribution in [3.05, 3.63) is 23.6 Å². The highest BCUT2D eigenvalue weighted by atomic mass is 32.2. The lowest BCUT2D eigenvalue weighted by Crippen LogP contribution is -2.43. The molecule has 1 fully saturated rings. The molecule has 0 saturated carbocycles. The number of rotatable bonds is 6. The number of piperidine rings is 1. The van der Waals surface area contributed by atoms with Crippen LogP contribution in [0, 0.1) is 6.92 Å². The van der Waals surface area contributed by atoms with Crippen LogP contribution in [0.5, 0.6) is 0 Å². The van der Waals surface area contributed by atoms with Crippen molar-refractivity contribution >= 4 is 39.1 Å². The molecule has 25 heavy (non-hydrogen) atoms. The molecule has 1 aliphatic rings. The van der Waals surface area contributed by atoms with Gasteiger partial charge in [0.05, 0.1) is 5.39 Å². The number of anilines is 1. The number of H-pyrrole nitrogens is 1. The Morgan fingerprint density at radius 2 is 2.16 bits per heavy atom. The van der Waals surface area contributed by atoms with Gasteiger partial charge in [-0.3, -0.25) is 5.10 Å². The van der Waals surface area contributed by atoms with Gasteiger partial charge in [0.25, 0.3) is 0 Å². The molecule has 3 aromatic heterocycles. The van der Waals surface area contributed by atoms with Crippen LogP contribution in [0.15, 0.2) is 23.9 Å². The van der Waals surface area contributed by atoms with Crippen molar-refractivity contribution in [3.8, 4) is 0 Å². The first-order valence-corrected chi connectivity index (χ1v) is 10.3. The van der Waals surface area contributed by atoms with Crippen molar-refractivity contribution in [2.24, 2.45) is 0 Å². The van der Waals surface area contributed by atoms with E-state index in [9.17, 15) is 0 Å². The largest absolute Gasteiger partial charge is 0.356 e. The molecular formula is C16H21N7S2. The van der Waals surface area contributed by atoms with Gasteiger partial charge in [-0.2, -0.15) is 5.10 Å². The van der Waals surface area contributed by atoms with Crippen LogP contribution in [0.3, 0.4) is 0 Å². The van der Waals surface area contributed by atoms with Crippen LogP contribution >= 0.6 is 23.1 Å². The highest BCUT2D eigenvalue weighted by Crippen LogP contribution is 2.31. The van der Waals surface area contributed by atoms with Gasteiger partial charge in [0.15, 0.2) is 5.16 Å². The van der Waals surface area contributed by atoms with Crippen LogP contribution in [0.2, 0.25) is 0 Å². The van der Waals surface area contributed by atoms with Crippen LogP contribution in [0.4, 0.5) is 5.82 Å². The van der Waals surface area contributed by atoms with Gasteiger partial charge in [-0.1, -0.05) is 11.8 Å². The van der Waals surface area contributed by atoms with Crippen molar-refractivity contribution in [2.75, 3.05) is 30.3 Å². The third-order valence-electron chi connectivity index (χ3n) is 4.39. The van der Waals surface area contributed by atoms with E-state index in [-0.39, 0.29) is 0 Å². The van der Waals surface area contributed by atoms with Gasteiger partial charge in [-0.05, 0) is 25.8 Å². The number of nitrogens with zero attached hydrogens (tertiary/aromatic N) is 5. The Labute approximate surface area is 154 Å². The highest BCUT2D eigenvalue weighted by molar-refractivity contribution is 7.99. The summed E-state index contributed by atoms with van der Waals surface area (Å²) in [4.78, 5) is 17.9. The van der Waals surface area contributed by atoms with Crippen LogP contribution in [-0.2, 0) is 0 Å². The number of thioether (sulfide) groups is 1. The van der Waals surface area contributed by atoms with Crippen LogP contribution in [0.25, 0.3) is 10.2 Å². The summed E-state index contributed by atoms with van der Waals surface area (Å²) in [5.41, 5.74) is 0. The Morgan fingerprint density at radius 3 is 2.96 bits per heavy atom. The predicted octanol–water partition coefficient (Wildman–Crippen LogP) is 2.47. The average Bonchev–Trinajstić information content (AvgIpc) is 3.27. The van der Waals surface area contributed by atoms with Crippen molar-refractivity contribution < 1.29 is 0 Å². The highest BCUT2D eigenvalue weighted by Gasteiger charge is 2.21. The Morgan fingerprint density at radius 1 is 1.28 bits per heavy atom. The molecule has 9 heteroatoms. The number of hydrogen-bond donors (Lipinski definition) is 2. The van der Waals surface area contributed by atoms with Gasteiger partial charge in [0.1, 0.15) is 23.3 Å². The Kier molecular flexibility index (Phi) is 5.14. The van der Waals surface area contributed by atoms with Gasteiger partial charge in [0, 0.05) is 36.3 Å².